The van der Waals surface area contributed by atoms with Gasteiger partial charge in [-0.25, -0.2) is 0 Å². The Kier molecular flexibility index (Phi) is 9.50. The van der Waals surface area contributed by atoms with Crippen LogP contribution in [0.25, 0.3) is 10.9 Å². The number of fused-ring (bicyclic) bond motifs is 1. The average Bonchev–Trinajstić information content (AvgIpc) is 3.32. The number of Topliss-reactive ketones (excluding diaryl/α,β-unsaturated/α-hetero) is 1. The Balaban J connectivity index is 1.76. The summed E-state index contributed by atoms with van der Waals surface area (Å²) >= 11 is 0. The van der Waals surface area contributed by atoms with E-state index in [1.165, 1.54) is 0 Å². The summed E-state index contributed by atoms with van der Waals surface area (Å²) in [6, 6.07) is 15.0. The molecule has 2 atom stereocenters. The molecule has 0 aliphatic rings. The number of carbonyl (C=O) groups is 4. The molecule has 0 aliphatic heterocycles. The van der Waals surface area contributed by atoms with Gasteiger partial charge in [-0.05, 0) is 23.6 Å². The molecule has 0 fully saturated rings. The fourth-order valence-electron chi connectivity index (χ4n) is 3.83. The van der Waals surface area contributed by atoms with Crippen LogP contribution in [0.15, 0.2) is 60.8 Å². The van der Waals surface area contributed by atoms with Crippen LogP contribution in [0.5, 0.6) is 0 Å². The van der Waals surface area contributed by atoms with Crippen LogP contribution in [-0.2, 0) is 32.1 Å². The van der Waals surface area contributed by atoms with E-state index in [-0.39, 0.29) is 38.1 Å². The Morgan fingerprint density at radius 2 is 1.67 bits per heavy atom. The maximum absolute atomic E-state index is 13.3. The number of para-hydroxylation sites is 1. The number of amides is 3. The third kappa shape index (κ3) is 7.36. The number of benzene rings is 2. The molecule has 0 unspecified atom stereocenters. The molecule has 0 radical (unpaired) electrons. The summed E-state index contributed by atoms with van der Waals surface area (Å²) in [4.78, 5) is 53.4. The molecule has 0 aliphatic carbocycles. The van der Waals surface area contributed by atoms with Crippen molar-refractivity contribution < 1.29 is 19.2 Å². The number of hydrogen-bond donors (Lipinski definition) is 5. The van der Waals surface area contributed by atoms with E-state index in [1.54, 1.807) is 13.1 Å². The monoisotopic (exact) mass is 489 g/mol. The van der Waals surface area contributed by atoms with E-state index in [4.69, 9.17) is 5.41 Å². The van der Waals surface area contributed by atoms with Crippen LogP contribution in [0.1, 0.15) is 37.3 Å². The Morgan fingerprint density at radius 1 is 0.944 bits per heavy atom. The highest BCUT2D eigenvalue weighted by Gasteiger charge is 2.27. The molecule has 3 rings (SSSR count). The molecule has 0 saturated carbocycles. The van der Waals surface area contributed by atoms with Gasteiger partial charge in [-0.3, -0.25) is 19.2 Å². The number of nitrogens with one attached hydrogen (secondary N) is 5. The van der Waals surface area contributed by atoms with Crippen molar-refractivity contribution in [3.8, 4) is 0 Å². The van der Waals surface area contributed by atoms with Crippen molar-refractivity contribution in [3.63, 3.8) is 0 Å². The van der Waals surface area contributed by atoms with Crippen LogP contribution in [0.4, 0.5) is 0 Å². The third-order valence-electron chi connectivity index (χ3n) is 5.85. The van der Waals surface area contributed by atoms with E-state index in [1.807, 2.05) is 54.6 Å². The molecule has 1 aromatic heterocycles. The zero-order chi connectivity index (χ0) is 25.9. The van der Waals surface area contributed by atoms with Crippen molar-refractivity contribution in [1.82, 2.24) is 20.9 Å². The lowest BCUT2D eigenvalue weighted by molar-refractivity contribution is -0.132. The highest BCUT2D eigenvalue weighted by atomic mass is 16.2. The maximum Gasteiger partial charge on any atom is 0.243 e. The number of aromatic amines is 1. The molecule has 0 saturated heterocycles. The molecule has 5 N–H and O–H groups in total. The van der Waals surface area contributed by atoms with E-state index in [9.17, 15) is 19.2 Å². The van der Waals surface area contributed by atoms with Gasteiger partial charge >= 0.3 is 0 Å². The summed E-state index contributed by atoms with van der Waals surface area (Å²) in [5.74, 6) is -1.71. The van der Waals surface area contributed by atoms with Crippen LogP contribution in [0.2, 0.25) is 0 Å². The minimum absolute atomic E-state index is 0.0299. The maximum atomic E-state index is 13.3. The summed E-state index contributed by atoms with van der Waals surface area (Å²) in [7, 11) is 0. The van der Waals surface area contributed by atoms with Crippen molar-refractivity contribution in [2.45, 2.75) is 51.2 Å². The topological polar surface area (TPSA) is 144 Å². The highest BCUT2D eigenvalue weighted by Crippen LogP contribution is 2.19. The van der Waals surface area contributed by atoms with E-state index in [0.29, 0.717) is 6.21 Å². The summed E-state index contributed by atoms with van der Waals surface area (Å²) in [6.07, 6.45) is 2.88. The first kappa shape index (κ1) is 26.3. The van der Waals surface area contributed by atoms with Crippen molar-refractivity contribution in [2.24, 2.45) is 0 Å². The summed E-state index contributed by atoms with van der Waals surface area (Å²) < 4.78 is 0. The number of hydrogen-bond acceptors (Lipinski definition) is 5. The van der Waals surface area contributed by atoms with Crippen LogP contribution in [-0.4, -0.2) is 46.8 Å². The fourth-order valence-corrected chi connectivity index (χ4v) is 3.83. The molecule has 3 amide bonds. The van der Waals surface area contributed by atoms with Crippen molar-refractivity contribution in [3.05, 3.63) is 71.9 Å². The van der Waals surface area contributed by atoms with Gasteiger partial charge in [0.1, 0.15) is 12.1 Å². The number of carbonyl (C=O) groups excluding carboxylic acids is 4. The highest BCUT2D eigenvalue weighted by molar-refractivity contribution is 6.26. The lowest BCUT2D eigenvalue weighted by atomic mass is 10.0. The van der Waals surface area contributed by atoms with Crippen molar-refractivity contribution in [1.29, 1.82) is 5.41 Å². The van der Waals surface area contributed by atoms with E-state index in [2.05, 4.69) is 20.9 Å². The second-order valence-electron chi connectivity index (χ2n) is 8.45. The number of aromatic nitrogens is 1. The van der Waals surface area contributed by atoms with Gasteiger partial charge < -0.3 is 26.3 Å². The minimum atomic E-state index is -1.01. The zero-order valence-electron chi connectivity index (χ0n) is 20.2. The summed E-state index contributed by atoms with van der Waals surface area (Å²) in [5.41, 5.74) is 2.65. The normalized spacial score (nSPS) is 12.4. The molecular weight excluding hydrogens is 458 g/mol. The van der Waals surface area contributed by atoms with E-state index < -0.39 is 29.7 Å². The van der Waals surface area contributed by atoms with E-state index in [0.717, 1.165) is 22.0 Å². The quantitative estimate of drug-likeness (QED) is 0.235. The van der Waals surface area contributed by atoms with Gasteiger partial charge in [0.05, 0.1) is 6.21 Å². The number of rotatable bonds is 13. The molecule has 9 heteroatoms. The SMILES string of the molecule is CCC(=O)N[C@@H](Cc1c[nH]c2ccccc12)C(=O)N[C@@H](CCC(=O)C=N)C(=O)NCc1ccccc1. The Labute approximate surface area is 209 Å². The first-order valence-corrected chi connectivity index (χ1v) is 11.9. The van der Waals surface area contributed by atoms with Gasteiger partial charge in [-0.15, -0.1) is 0 Å². The standard InChI is InChI=1S/C27H31N5O4/c1-2-25(34)31-24(14-19-17-29-22-11-7-6-10-21(19)22)27(36)32-23(13-12-20(33)15-28)26(35)30-16-18-8-4-3-5-9-18/h3-11,15,17,23-24,28-29H,2,12-14,16H2,1H3,(H,30,35)(H,31,34)(H,32,36)/t23-,24-/m0/s1. The van der Waals surface area contributed by atoms with Gasteiger partial charge in [0.25, 0.3) is 0 Å². The number of ketones is 1. The van der Waals surface area contributed by atoms with Gasteiger partial charge in [0.2, 0.25) is 17.7 Å². The molecule has 1 heterocycles. The van der Waals surface area contributed by atoms with Gasteiger partial charge in [0, 0.05) is 42.9 Å². The van der Waals surface area contributed by atoms with Crippen molar-refractivity contribution in [2.75, 3.05) is 0 Å². The largest absolute Gasteiger partial charge is 0.361 e. The predicted molar refractivity (Wildman–Crippen MR) is 137 cm³/mol. The fraction of sp³-hybridized carbons (Fsp3) is 0.296. The molecule has 36 heavy (non-hydrogen) atoms. The van der Waals surface area contributed by atoms with Gasteiger partial charge in [-0.2, -0.15) is 0 Å². The van der Waals surface area contributed by atoms with E-state index >= 15 is 0 Å². The van der Waals surface area contributed by atoms with Crippen LogP contribution < -0.4 is 16.0 Å². The smallest absolute Gasteiger partial charge is 0.243 e. The lowest BCUT2D eigenvalue weighted by Crippen LogP contribution is -2.54. The molecule has 0 bridgehead atoms. The molecular formula is C27H31N5O4. The molecule has 0 spiro atoms. The van der Waals surface area contributed by atoms with Gasteiger partial charge in [0.15, 0.2) is 5.78 Å². The second-order valence-corrected chi connectivity index (χ2v) is 8.45. The molecule has 2 aromatic carbocycles. The average molecular weight is 490 g/mol. The minimum Gasteiger partial charge on any atom is -0.361 e. The second kappa shape index (κ2) is 13.0. The molecule has 3 aromatic rings. The molecule has 188 valence electrons. The Hall–Kier alpha value is -4.27. The first-order chi connectivity index (χ1) is 17.4. The van der Waals surface area contributed by atoms with Crippen LogP contribution >= 0.6 is 0 Å². The molecule has 9 nitrogen and oxygen atoms in total. The van der Waals surface area contributed by atoms with Crippen molar-refractivity contribution >= 4 is 40.6 Å². The lowest BCUT2D eigenvalue weighted by Gasteiger charge is -2.23. The predicted octanol–water partition coefficient (Wildman–Crippen LogP) is 2.41. The van der Waals surface area contributed by atoms with Crippen LogP contribution in [0.3, 0.4) is 0 Å². The third-order valence-corrected chi connectivity index (χ3v) is 5.85. The number of H-pyrrole nitrogens is 1. The van der Waals surface area contributed by atoms with Crippen LogP contribution in [0, 0.1) is 5.41 Å². The summed E-state index contributed by atoms with van der Waals surface area (Å²) in [5, 5.41) is 16.3. The van der Waals surface area contributed by atoms with Gasteiger partial charge in [-0.1, -0.05) is 55.5 Å². The Morgan fingerprint density at radius 3 is 2.39 bits per heavy atom. The first-order valence-electron chi connectivity index (χ1n) is 11.9. The summed E-state index contributed by atoms with van der Waals surface area (Å²) in [6.45, 7) is 1.95. The zero-order valence-corrected chi connectivity index (χ0v) is 20.2. The Bertz CT molecular complexity index is 1220.